The third-order valence-corrected chi connectivity index (χ3v) is 5.36. The summed E-state index contributed by atoms with van der Waals surface area (Å²) in [5.74, 6) is 0.150. The fourth-order valence-electron chi connectivity index (χ4n) is 2.22. The van der Waals surface area contributed by atoms with Crippen molar-refractivity contribution >= 4 is 27.6 Å². The van der Waals surface area contributed by atoms with Gasteiger partial charge in [0.2, 0.25) is 15.9 Å². The van der Waals surface area contributed by atoms with E-state index in [0.717, 1.165) is 5.56 Å². The monoisotopic (exact) mass is 406 g/mol. The molecule has 140 valence electrons. The number of benzene rings is 2. The van der Waals surface area contributed by atoms with E-state index in [1.807, 2.05) is 0 Å². The summed E-state index contributed by atoms with van der Waals surface area (Å²) in [5.41, 5.74) is 1.01. The summed E-state index contributed by atoms with van der Waals surface area (Å²) in [6, 6.07) is 12.5. The number of nitrogens with zero attached hydrogens (tertiary/aromatic N) is 1. The van der Waals surface area contributed by atoms with Crippen LogP contribution in [0.2, 0.25) is 5.02 Å². The Morgan fingerprint density at radius 3 is 2.44 bits per heavy atom. The van der Waals surface area contributed by atoms with Gasteiger partial charge >= 0.3 is 5.97 Å². The molecule has 2 aromatic carbocycles. The second kappa shape index (κ2) is 7.91. The van der Waals surface area contributed by atoms with E-state index in [1.54, 1.807) is 24.3 Å². The second-order valence-corrected chi connectivity index (χ2v) is 7.76. The molecule has 3 aromatic rings. The van der Waals surface area contributed by atoms with Crippen LogP contribution >= 0.6 is 11.6 Å². The van der Waals surface area contributed by atoms with Gasteiger partial charge < -0.3 is 9.15 Å². The smallest absolute Gasteiger partial charge is 0.338 e. The maximum atomic E-state index is 12.1. The average molecular weight is 407 g/mol. The molecular formula is C18H15ClN2O5S. The third-order valence-electron chi connectivity index (χ3n) is 3.68. The van der Waals surface area contributed by atoms with E-state index < -0.39 is 16.0 Å². The minimum atomic E-state index is -3.56. The van der Waals surface area contributed by atoms with Crippen LogP contribution in [0.25, 0.3) is 11.3 Å². The lowest BCUT2D eigenvalue weighted by Crippen LogP contribution is -2.18. The summed E-state index contributed by atoms with van der Waals surface area (Å²) < 4.78 is 36.3. The van der Waals surface area contributed by atoms with Gasteiger partial charge in [-0.05, 0) is 55.6 Å². The molecule has 1 aromatic heterocycles. The summed E-state index contributed by atoms with van der Waals surface area (Å²) in [4.78, 5) is 16.2. The van der Waals surface area contributed by atoms with Crippen molar-refractivity contribution in [3.05, 3.63) is 71.2 Å². The summed E-state index contributed by atoms with van der Waals surface area (Å²) in [6.07, 6.45) is 1.53. The summed E-state index contributed by atoms with van der Waals surface area (Å²) in [6.45, 7) is -0.150. The largest absolute Gasteiger partial charge is 0.452 e. The number of nitrogens with one attached hydrogen (secondary N) is 1. The number of rotatable bonds is 6. The summed E-state index contributed by atoms with van der Waals surface area (Å²) in [5, 5.41) is 0.612. The Bertz CT molecular complexity index is 1040. The SMILES string of the molecule is CNS(=O)(=O)c1ccc(C(=O)OCc2ncc(-c3ccc(Cl)cc3)o2)cc1. The molecule has 0 fully saturated rings. The van der Waals surface area contributed by atoms with Crippen molar-refractivity contribution in [3.8, 4) is 11.3 Å². The Morgan fingerprint density at radius 2 is 1.81 bits per heavy atom. The highest BCUT2D eigenvalue weighted by molar-refractivity contribution is 7.89. The topological polar surface area (TPSA) is 98.5 Å². The van der Waals surface area contributed by atoms with Crippen molar-refractivity contribution in [2.45, 2.75) is 11.5 Å². The first-order valence-corrected chi connectivity index (χ1v) is 9.66. The number of esters is 1. The van der Waals surface area contributed by atoms with Gasteiger partial charge in [-0.3, -0.25) is 0 Å². The third kappa shape index (κ3) is 4.54. The highest BCUT2D eigenvalue weighted by atomic mass is 35.5. The van der Waals surface area contributed by atoms with Crippen LogP contribution in [0.15, 0.2) is 64.0 Å². The molecule has 3 rings (SSSR count). The molecule has 0 saturated carbocycles. The van der Waals surface area contributed by atoms with E-state index in [-0.39, 0.29) is 23.0 Å². The molecule has 0 spiro atoms. The number of carbonyl (C=O) groups excluding carboxylic acids is 1. The van der Waals surface area contributed by atoms with Gasteiger partial charge in [-0.25, -0.2) is 22.9 Å². The molecule has 0 aliphatic rings. The molecule has 0 bridgehead atoms. The minimum Gasteiger partial charge on any atom is -0.452 e. The zero-order chi connectivity index (χ0) is 19.4. The minimum absolute atomic E-state index is 0.0573. The van der Waals surface area contributed by atoms with E-state index in [9.17, 15) is 13.2 Å². The molecule has 0 unspecified atom stereocenters. The zero-order valence-corrected chi connectivity index (χ0v) is 15.8. The van der Waals surface area contributed by atoms with E-state index in [1.165, 1.54) is 37.5 Å². The molecule has 0 atom stereocenters. The van der Waals surface area contributed by atoms with E-state index >= 15 is 0 Å². The molecule has 7 nitrogen and oxygen atoms in total. The Kier molecular flexibility index (Phi) is 5.59. The normalized spacial score (nSPS) is 11.3. The Hall–Kier alpha value is -2.68. The number of ether oxygens (including phenoxy) is 1. The van der Waals surface area contributed by atoms with Crippen molar-refractivity contribution < 1.29 is 22.4 Å². The van der Waals surface area contributed by atoms with E-state index in [0.29, 0.717) is 10.8 Å². The second-order valence-electron chi connectivity index (χ2n) is 5.43. The van der Waals surface area contributed by atoms with Gasteiger partial charge in [0.05, 0.1) is 16.7 Å². The predicted octanol–water partition coefficient (Wildman–Crippen LogP) is 3.26. The number of aromatic nitrogens is 1. The number of halogens is 1. The summed E-state index contributed by atoms with van der Waals surface area (Å²) >= 11 is 5.85. The lowest BCUT2D eigenvalue weighted by Gasteiger charge is -2.05. The molecule has 1 N–H and O–H groups in total. The first-order valence-electron chi connectivity index (χ1n) is 7.80. The van der Waals surface area contributed by atoms with Gasteiger partial charge in [-0.1, -0.05) is 11.6 Å². The van der Waals surface area contributed by atoms with E-state index in [4.69, 9.17) is 20.8 Å². The van der Waals surface area contributed by atoms with Crippen molar-refractivity contribution in [1.82, 2.24) is 9.71 Å². The van der Waals surface area contributed by atoms with Crippen molar-refractivity contribution in [2.75, 3.05) is 7.05 Å². The van der Waals surface area contributed by atoms with Gasteiger partial charge in [-0.15, -0.1) is 0 Å². The molecule has 0 aliphatic carbocycles. The number of sulfonamides is 1. The van der Waals surface area contributed by atoms with Crippen LogP contribution in [0.5, 0.6) is 0 Å². The van der Waals surface area contributed by atoms with Gasteiger partial charge in [-0.2, -0.15) is 0 Å². The molecule has 0 saturated heterocycles. The van der Waals surface area contributed by atoms with Crippen LogP contribution in [-0.4, -0.2) is 26.4 Å². The first-order chi connectivity index (χ1) is 12.9. The van der Waals surface area contributed by atoms with Crippen molar-refractivity contribution in [2.24, 2.45) is 0 Å². The fraction of sp³-hybridized carbons (Fsp3) is 0.111. The van der Waals surface area contributed by atoms with Gasteiger partial charge in [0.15, 0.2) is 12.4 Å². The van der Waals surface area contributed by atoms with Crippen molar-refractivity contribution in [3.63, 3.8) is 0 Å². The molecule has 0 radical (unpaired) electrons. The van der Waals surface area contributed by atoms with Gasteiger partial charge in [0.1, 0.15) is 0 Å². The summed E-state index contributed by atoms with van der Waals surface area (Å²) in [7, 11) is -2.25. The van der Waals surface area contributed by atoms with Crippen molar-refractivity contribution in [1.29, 1.82) is 0 Å². The quantitative estimate of drug-likeness (QED) is 0.631. The van der Waals surface area contributed by atoms with Gasteiger partial charge in [0, 0.05) is 10.6 Å². The van der Waals surface area contributed by atoms with E-state index in [2.05, 4.69) is 9.71 Å². The number of hydrogen-bond acceptors (Lipinski definition) is 6. The first kappa shape index (κ1) is 19.1. The maximum absolute atomic E-state index is 12.1. The highest BCUT2D eigenvalue weighted by Crippen LogP contribution is 2.22. The molecule has 0 amide bonds. The molecule has 9 heteroatoms. The van der Waals surface area contributed by atoms with Crippen LogP contribution in [-0.2, 0) is 21.4 Å². The molecule has 27 heavy (non-hydrogen) atoms. The van der Waals surface area contributed by atoms with Crippen LogP contribution in [0.4, 0.5) is 0 Å². The standard InChI is InChI=1S/C18H15ClN2O5S/c1-20-27(23,24)15-8-4-13(5-9-15)18(22)25-11-17-21-10-16(26-17)12-2-6-14(19)7-3-12/h2-10,20H,11H2,1H3. The fourth-order valence-corrected chi connectivity index (χ4v) is 3.08. The van der Waals surface area contributed by atoms with Gasteiger partial charge in [0.25, 0.3) is 0 Å². The Morgan fingerprint density at radius 1 is 1.15 bits per heavy atom. The maximum Gasteiger partial charge on any atom is 0.338 e. The molecular weight excluding hydrogens is 392 g/mol. The lowest BCUT2D eigenvalue weighted by atomic mass is 10.2. The number of oxazole rings is 1. The Labute approximate surface area is 161 Å². The molecule has 0 aliphatic heterocycles. The highest BCUT2D eigenvalue weighted by Gasteiger charge is 2.14. The number of hydrogen-bond donors (Lipinski definition) is 1. The molecule has 1 heterocycles. The van der Waals surface area contributed by atoms with Crippen LogP contribution < -0.4 is 4.72 Å². The van der Waals surface area contributed by atoms with Crippen LogP contribution in [0.1, 0.15) is 16.2 Å². The lowest BCUT2D eigenvalue weighted by molar-refractivity contribution is 0.0439. The Balaban J connectivity index is 1.63. The average Bonchev–Trinajstić information content (AvgIpc) is 3.16. The predicted molar refractivity (Wildman–Crippen MR) is 98.8 cm³/mol. The number of carbonyl (C=O) groups is 1. The van der Waals surface area contributed by atoms with Crippen LogP contribution in [0, 0.1) is 0 Å². The van der Waals surface area contributed by atoms with Crippen LogP contribution in [0.3, 0.4) is 0 Å². The zero-order valence-electron chi connectivity index (χ0n) is 14.2.